The third-order valence-corrected chi connectivity index (χ3v) is 0.649. The molecule has 0 aromatic carbocycles. The van der Waals surface area contributed by atoms with Gasteiger partial charge in [0.05, 0.1) is 0 Å². The predicted octanol–water partition coefficient (Wildman–Crippen LogP) is 0.215. The summed E-state index contributed by atoms with van der Waals surface area (Å²) in [4.78, 5) is 0. The number of nitrogens with two attached hydrogens (primary N) is 2. The fraction of sp³-hybridized carbons (Fsp3) is 1.00. The topological polar surface area (TPSA) is 52.0 Å². The molecular formula is C6H14N2. The Morgan fingerprint density at radius 3 is 2.25 bits per heavy atom. The molecule has 8 heavy (non-hydrogen) atoms. The summed E-state index contributed by atoms with van der Waals surface area (Å²) in [5.41, 5.74) is -1.61. The van der Waals surface area contributed by atoms with Crippen LogP contribution in [0.1, 0.15) is 39.2 Å². The second-order valence-electron chi connectivity index (χ2n) is 1.20. The fourth-order valence-electron chi connectivity index (χ4n) is 0.299. The van der Waals surface area contributed by atoms with Crippen LogP contribution in [0.4, 0.5) is 0 Å². The summed E-state index contributed by atoms with van der Waals surface area (Å²) < 4.78 is 106. The van der Waals surface area contributed by atoms with Crippen molar-refractivity contribution in [3.05, 3.63) is 0 Å². The van der Waals surface area contributed by atoms with Crippen LogP contribution in [0.5, 0.6) is 0 Å². The van der Waals surface area contributed by atoms with E-state index in [1.165, 1.54) is 0 Å². The Bertz CT molecular complexity index is 418. The van der Waals surface area contributed by atoms with Gasteiger partial charge in [0, 0.05) is 25.7 Å². The van der Waals surface area contributed by atoms with Crippen LogP contribution in [0.15, 0.2) is 0 Å². The first-order chi connectivity index (χ1) is 9.39. The molecule has 0 aliphatic heterocycles. The molecule has 1 aliphatic carbocycles. The maximum absolute atomic E-state index is 7.91. The average molecular weight is 128 g/mol. The molecule has 0 amide bonds. The minimum absolute atomic E-state index is 0.805. The van der Waals surface area contributed by atoms with E-state index in [4.69, 9.17) is 19.4 Å². The average Bonchev–Trinajstić information content (AvgIpc) is 2.33. The van der Waals surface area contributed by atoms with Crippen LogP contribution in [-0.2, 0) is 0 Å². The van der Waals surface area contributed by atoms with Gasteiger partial charge in [0.25, 0.3) is 0 Å². The Morgan fingerprint density at radius 2 is 1.88 bits per heavy atom. The molecule has 4 N–H and O–H groups in total. The van der Waals surface area contributed by atoms with Crippen LogP contribution in [0, 0.1) is 0 Å². The molecule has 0 aromatic heterocycles. The third kappa shape index (κ3) is 1.20. The van der Waals surface area contributed by atoms with Gasteiger partial charge in [-0.1, -0.05) is 12.7 Å². The summed E-state index contributed by atoms with van der Waals surface area (Å²) in [6, 6.07) is -7.50. The molecule has 0 unspecified atom stereocenters. The van der Waals surface area contributed by atoms with Crippen molar-refractivity contribution in [2.45, 2.75) is 37.5 Å². The van der Waals surface area contributed by atoms with Gasteiger partial charge < -0.3 is 11.4 Å². The van der Waals surface area contributed by atoms with Gasteiger partial charge in [0.2, 0.25) is 0 Å². The van der Waals surface area contributed by atoms with Crippen molar-refractivity contribution in [3.8, 4) is 0 Å². The van der Waals surface area contributed by atoms with Crippen LogP contribution in [0.3, 0.4) is 0 Å². The Balaban J connectivity index is 3.98. The second-order valence-corrected chi connectivity index (χ2v) is 1.20. The standard InChI is InChI=1S/C6H14N2/c7-5-3-1-2-4-6(5)8/h5-6H,1-4,7-8H2/t5-,6-/m1/s1/i1D2,2D2,3D2,4D2,5D,6D/hD4. The molecule has 0 aromatic rings. The van der Waals surface area contributed by atoms with Gasteiger partial charge >= 0.3 is 0 Å². The molecular weight excluding hydrogens is 100 g/mol. The quantitative estimate of drug-likeness (QED) is 0.559. The number of rotatable bonds is 2. The lowest BCUT2D eigenvalue weighted by molar-refractivity contribution is 0.385. The fourth-order valence-corrected chi connectivity index (χ4v) is 0.299. The SMILES string of the molecule is [2H]N([2H])[C@]1([2H])C([2H])([2H])C([2H])([2H])C([2H])([2H])C([2H])([2H])[C@@]1([2H])N([2H])[2H]. The molecule has 0 saturated heterocycles. The molecule has 1 fully saturated rings. The molecule has 2 nitrogen and oxygen atoms in total. The van der Waals surface area contributed by atoms with Crippen LogP contribution in [0.2, 0.25) is 5.65 Å². The summed E-state index contributed by atoms with van der Waals surface area (Å²) in [6.07, 6.45) is -15.0. The molecule has 0 heterocycles. The van der Waals surface area contributed by atoms with E-state index < -0.39 is 49.0 Å². The Labute approximate surface area is 70.1 Å². The smallest absolute Gasteiger partial charge is 0.119 e. The summed E-state index contributed by atoms with van der Waals surface area (Å²) >= 11 is 0. The minimum Gasteiger partial charge on any atom is -0.326 e. The van der Waals surface area contributed by atoms with Crippen molar-refractivity contribution in [1.82, 2.24) is 0 Å². The van der Waals surface area contributed by atoms with E-state index >= 15 is 0 Å². The molecule has 0 bridgehead atoms. The summed E-state index contributed by atoms with van der Waals surface area (Å²) in [7, 11) is 0. The van der Waals surface area contributed by atoms with Gasteiger partial charge in [-0.15, -0.1) is 0 Å². The van der Waals surface area contributed by atoms with E-state index in [0.717, 1.165) is 0 Å². The van der Waals surface area contributed by atoms with Crippen molar-refractivity contribution < 1.29 is 19.4 Å². The molecule has 0 radical (unpaired) electrons. The normalized spacial score (nSPS) is 110. The molecule has 48 valence electrons. The van der Waals surface area contributed by atoms with E-state index in [-0.39, 0.29) is 0 Å². The second kappa shape index (κ2) is 2.46. The van der Waals surface area contributed by atoms with Crippen LogP contribution >= 0.6 is 0 Å². The zero-order valence-electron chi connectivity index (χ0n) is 17.9. The van der Waals surface area contributed by atoms with E-state index in [0.29, 0.717) is 0 Å². The van der Waals surface area contributed by atoms with Crippen molar-refractivity contribution in [2.24, 2.45) is 11.4 Å². The van der Waals surface area contributed by atoms with Crippen molar-refractivity contribution in [3.63, 3.8) is 0 Å². The monoisotopic (exact) mass is 128 g/mol. The highest BCUT2D eigenvalue weighted by atomic mass is 14.8. The third-order valence-electron chi connectivity index (χ3n) is 0.649. The Morgan fingerprint density at radius 1 is 1.38 bits per heavy atom. The van der Waals surface area contributed by atoms with Crippen LogP contribution in [-0.4, -0.2) is 12.0 Å². The zero-order valence-corrected chi connectivity index (χ0v) is 3.89. The lowest BCUT2D eigenvalue weighted by Crippen LogP contribution is -2.43. The first-order valence-electron chi connectivity index (χ1n) is 8.74. The molecule has 1 rings (SSSR count). The van der Waals surface area contributed by atoms with Crippen LogP contribution in [0.25, 0.3) is 0 Å². The number of hydrogen-bond acceptors (Lipinski definition) is 2. The first kappa shape index (κ1) is 0.789. The lowest BCUT2D eigenvalue weighted by Gasteiger charge is -2.24. The van der Waals surface area contributed by atoms with E-state index in [9.17, 15) is 0 Å². The van der Waals surface area contributed by atoms with E-state index in [1.807, 2.05) is 0 Å². The minimum atomic E-state index is -3.78. The lowest BCUT2D eigenvalue weighted by atomic mass is 9.92. The maximum Gasteiger partial charge on any atom is 0.119 e. The van der Waals surface area contributed by atoms with Gasteiger partial charge in [-0.05, 0) is 12.7 Å². The summed E-state index contributed by atoms with van der Waals surface area (Å²) in [5.74, 6) is 0. The van der Waals surface area contributed by atoms with Gasteiger partial charge in [0.1, 0.15) is 5.65 Å². The van der Waals surface area contributed by atoms with Crippen molar-refractivity contribution in [2.75, 3.05) is 0 Å². The van der Waals surface area contributed by atoms with E-state index in [2.05, 4.69) is 0 Å². The van der Waals surface area contributed by atoms with Gasteiger partial charge in [-0.3, -0.25) is 0 Å². The molecule has 2 heteroatoms. The Hall–Kier alpha value is -0.0800. The first-order valence-corrected chi connectivity index (χ1v) is 1.95. The molecule has 1 aliphatic rings. The highest BCUT2D eigenvalue weighted by molar-refractivity contribution is 4.79. The highest BCUT2D eigenvalue weighted by Gasteiger charge is 2.16. The Kier molecular flexibility index (Phi) is 0.243. The predicted molar refractivity (Wildman–Crippen MR) is 34.4 cm³/mol. The molecule has 2 atom stereocenters. The van der Waals surface area contributed by atoms with Gasteiger partial charge in [-0.2, -0.15) is 0 Å². The van der Waals surface area contributed by atoms with Gasteiger partial charge in [0.15, 0.2) is 0 Å². The highest BCUT2D eigenvalue weighted by Crippen LogP contribution is 2.14. The molecule has 0 spiro atoms. The summed E-state index contributed by atoms with van der Waals surface area (Å²) in [5, 5.41) is 0. The van der Waals surface area contributed by atoms with E-state index in [1.54, 1.807) is 0 Å². The number of hydrogen-bond donors (Lipinski definition) is 2. The largest absolute Gasteiger partial charge is 0.326 e. The van der Waals surface area contributed by atoms with Crippen molar-refractivity contribution in [1.29, 1.82) is 0 Å². The van der Waals surface area contributed by atoms with Gasteiger partial charge in [-0.25, -0.2) is 0 Å². The maximum atomic E-state index is 7.91. The van der Waals surface area contributed by atoms with Crippen LogP contribution < -0.4 is 11.4 Å². The molecule has 1 saturated carbocycles. The zero-order chi connectivity index (χ0) is 18.2. The summed E-state index contributed by atoms with van der Waals surface area (Å²) in [6.45, 7) is 0. The van der Waals surface area contributed by atoms with Crippen molar-refractivity contribution >= 4 is 0 Å².